The van der Waals surface area contributed by atoms with Gasteiger partial charge in [-0.3, -0.25) is 0 Å². The summed E-state index contributed by atoms with van der Waals surface area (Å²) in [6.07, 6.45) is 0. The van der Waals surface area contributed by atoms with Crippen LogP contribution in [0.25, 0.3) is 21.7 Å². The number of carbonyl (C=O) groups is 1. The van der Waals surface area contributed by atoms with Crippen LogP contribution < -0.4 is 0 Å². The Hall–Kier alpha value is -2.97. The molecule has 0 N–H and O–H groups in total. The van der Waals surface area contributed by atoms with Gasteiger partial charge < -0.3 is 18.4 Å². The van der Waals surface area contributed by atoms with Crippen LogP contribution in [0.5, 0.6) is 0 Å². The fourth-order valence-corrected chi connectivity index (χ4v) is 3.21. The molecule has 1 aromatic carbocycles. The number of hydrogen-bond donors (Lipinski definition) is 0. The largest absolute Gasteiger partial charge is 0.450 e. The predicted molar refractivity (Wildman–Crippen MR) is 93.7 cm³/mol. The van der Waals surface area contributed by atoms with E-state index in [4.69, 9.17) is 18.4 Å². The number of ether oxygens (including phenoxy) is 2. The second-order valence-electron chi connectivity index (χ2n) is 5.40. The number of thiophene rings is 1. The third-order valence-corrected chi connectivity index (χ3v) is 4.57. The van der Waals surface area contributed by atoms with Gasteiger partial charge in [0.1, 0.15) is 5.58 Å². The Kier molecular flexibility index (Phi) is 4.51. The van der Waals surface area contributed by atoms with Crippen LogP contribution in [-0.2, 0) is 22.7 Å². The second kappa shape index (κ2) is 7.11. The summed E-state index contributed by atoms with van der Waals surface area (Å²) in [5.74, 6) is 0.191. The molecule has 0 amide bonds. The monoisotopic (exact) mass is 370 g/mol. The molecule has 3 heterocycles. The minimum Gasteiger partial charge on any atom is -0.450 e. The molecule has 132 valence electrons. The molecule has 0 saturated carbocycles. The van der Waals surface area contributed by atoms with E-state index in [1.54, 1.807) is 13.2 Å². The first-order chi connectivity index (χ1) is 12.8. The summed E-state index contributed by atoms with van der Waals surface area (Å²) < 4.78 is 21.2. The van der Waals surface area contributed by atoms with Crippen molar-refractivity contribution in [3.8, 4) is 10.7 Å². The van der Waals surface area contributed by atoms with Crippen LogP contribution in [0, 0.1) is 0 Å². The van der Waals surface area contributed by atoms with E-state index >= 15 is 0 Å². The van der Waals surface area contributed by atoms with Crippen molar-refractivity contribution < 1.29 is 23.2 Å². The standard InChI is InChI=1S/C18H14N2O5S/c1-22-9-12-11-5-2-3-6-13(11)24-16(12)18(21)23-10-15-19-17(20-25-15)14-7-4-8-26-14/h2-8H,9-10H2,1H3. The maximum absolute atomic E-state index is 12.5. The minimum absolute atomic E-state index is 0.117. The molecule has 0 saturated heterocycles. The third-order valence-electron chi connectivity index (χ3n) is 3.71. The van der Waals surface area contributed by atoms with E-state index in [0.717, 1.165) is 10.3 Å². The molecular weight excluding hydrogens is 356 g/mol. The summed E-state index contributed by atoms with van der Waals surface area (Å²) in [7, 11) is 1.56. The number of furan rings is 1. The second-order valence-corrected chi connectivity index (χ2v) is 6.35. The van der Waals surface area contributed by atoms with Crippen molar-refractivity contribution in [1.82, 2.24) is 10.1 Å². The Labute approximate surface area is 152 Å². The van der Waals surface area contributed by atoms with Crippen molar-refractivity contribution in [3.63, 3.8) is 0 Å². The van der Waals surface area contributed by atoms with E-state index < -0.39 is 5.97 Å². The molecule has 26 heavy (non-hydrogen) atoms. The number of rotatable bonds is 6. The Morgan fingerprint density at radius 3 is 2.88 bits per heavy atom. The first kappa shape index (κ1) is 16.5. The highest BCUT2D eigenvalue weighted by Crippen LogP contribution is 2.27. The first-order valence-electron chi connectivity index (χ1n) is 7.79. The van der Waals surface area contributed by atoms with Crippen LogP contribution in [0.2, 0.25) is 0 Å². The number of carbonyl (C=O) groups excluding carboxylic acids is 1. The molecule has 0 radical (unpaired) electrons. The lowest BCUT2D eigenvalue weighted by Gasteiger charge is -2.02. The van der Waals surface area contributed by atoms with Gasteiger partial charge in [0.05, 0.1) is 11.5 Å². The van der Waals surface area contributed by atoms with Crippen LogP contribution in [0.4, 0.5) is 0 Å². The van der Waals surface area contributed by atoms with Gasteiger partial charge in [-0.25, -0.2) is 4.79 Å². The number of fused-ring (bicyclic) bond motifs is 1. The van der Waals surface area contributed by atoms with E-state index in [2.05, 4.69) is 10.1 Å². The normalized spacial score (nSPS) is 11.1. The van der Waals surface area contributed by atoms with E-state index in [-0.39, 0.29) is 24.9 Å². The van der Waals surface area contributed by atoms with Gasteiger partial charge in [-0.1, -0.05) is 29.4 Å². The average molecular weight is 370 g/mol. The summed E-state index contributed by atoms with van der Waals surface area (Å²) in [5, 5.41) is 6.62. The van der Waals surface area contributed by atoms with E-state index in [1.807, 2.05) is 35.7 Å². The van der Waals surface area contributed by atoms with Crippen molar-refractivity contribution in [3.05, 3.63) is 59.0 Å². The molecule has 7 nitrogen and oxygen atoms in total. The number of methoxy groups -OCH3 is 1. The molecule has 0 aliphatic carbocycles. The Morgan fingerprint density at radius 2 is 2.08 bits per heavy atom. The maximum atomic E-state index is 12.5. The lowest BCUT2D eigenvalue weighted by molar-refractivity contribution is 0.0390. The summed E-state index contributed by atoms with van der Waals surface area (Å²) in [4.78, 5) is 17.6. The highest BCUT2D eigenvalue weighted by molar-refractivity contribution is 7.13. The fraction of sp³-hybridized carbons (Fsp3) is 0.167. The number of aromatic nitrogens is 2. The van der Waals surface area contributed by atoms with E-state index in [0.29, 0.717) is 17.0 Å². The van der Waals surface area contributed by atoms with Gasteiger partial charge in [0.15, 0.2) is 6.61 Å². The van der Waals surface area contributed by atoms with Gasteiger partial charge in [-0.2, -0.15) is 4.98 Å². The molecule has 4 rings (SSSR count). The molecule has 3 aromatic heterocycles. The minimum atomic E-state index is -0.607. The van der Waals surface area contributed by atoms with Crippen LogP contribution >= 0.6 is 11.3 Å². The van der Waals surface area contributed by atoms with Crippen molar-refractivity contribution in [2.75, 3.05) is 7.11 Å². The van der Waals surface area contributed by atoms with Gasteiger partial charge in [0.2, 0.25) is 11.6 Å². The summed E-state index contributed by atoms with van der Waals surface area (Å²) >= 11 is 1.50. The Morgan fingerprint density at radius 1 is 1.19 bits per heavy atom. The molecule has 4 aromatic rings. The van der Waals surface area contributed by atoms with Crippen molar-refractivity contribution in [1.29, 1.82) is 0 Å². The molecule has 8 heteroatoms. The van der Waals surface area contributed by atoms with Gasteiger partial charge >= 0.3 is 5.97 Å². The van der Waals surface area contributed by atoms with Crippen LogP contribution in [0.3, 0.4) is 0 Å². The number of nitrogens with zero attached hydrogens (tertiary/aromatic N) is 2. The van der Waals surface area contributed by atoms with Gasteiger partial charge in [0.25, 0.3) is 5.89 Å². The SMILES string of the molecule is COCc1c(C(=O)OCc2nc(-c3cccs3)no2)oc2ccccc12. The molecule has 0 aliphatic rings. The number of para-hydroxylation sites is 1. The van der Waals surface area contributed by atoms with Gasteiger partial charge in [0, 0.05) is 18.1 Å². The Bertz CT molecular complexity index is 1040. The zero-order valence-corrected chi connectivity index (χ0v) is 14.6. The average Bonchev–Trinajstić information content (AvgIpc) is 3.39. The molecule has 0 atom stereocenters. The molecule has 0 fully saturated rings. The number of benzene rings is 1. The zero-order chi connectivity index (χ0) is 17.9. The molecule has 0 unspecified atom stereocenters. The Balaban J connectivity index is 1.52. The summed E-state index contributed by atoms with van der Waals surface area (Å²) in [6.45, 7) is 0.102. The zero-order valence-electron chi connectivity index (χ0n) is 13.8. The number of esters is 1. The lowest BCUT2D eigenvalue weighted by Crippen LogP contribution is -2.07. The lowest BCUT2D eigenvalue weighted by atomic mass is 10.1. The molecule has 0 bridgehead atoms. The maximum Gasteiger partial charge on any atom is 0.375 e. The van der Waals surface area contributed by atoms with Gasteiger partial charge in [-0.15, -0.1) is 11.3 Å². The fourth-order valence-electron chi connectivity index (χ4n) is 2.56. The quantitative estimate of drug-likeness (QED) is 0.473. The smallest absolute Gasteiger partial charge is 0.375 e. The third kappa shape index (κ3) is 3.12. The molecule has 0 spiro atoms. The summed E-state index contributed by atoms with van der Waals surface area (Å²) in [5.41, 5.74) is 1.25. The van der Waals surface area contributed by atoms with Crippen molar-refractivity contribution in [2.24, 2.45) is 0 Å². The highest BCUT2D eigenvalue weighted by Gasteiger charge is 2.22. The van der Waals surface area contributed by atoms with Crippen LogP contribution in [-0.4, -0.2) is 23.2 Å². The number of hydrogen-bond acceptors (Lipinski definition) is 8. The van der Waals surface area contributed by atoms with Crippen molar-refractivity contribution in [2.45, 2.75) is 13.2 Å². The first-order valence-corrected chi connectivity index (χ1v) is 8.67. The molecular formula is C18H14N2O5S. The summed E-state index contributed by atoms with van der Waals surface area (Å²) in [6, 6.07) is 11.1. The van der Waals surface area contributed by atoms with Crippen LogP contribution in [0.15, 0.2) is 50.7 Å². The predicted octanol–water partition coefficient (Wildman–Crippen LogP) is 4.05. The van der Waals surface area contributed by atoms with E-state index in [1.165, 1.54) is 11.3 Å². The topological polar surface area (TPSA) is 87.6 Å². The van der Waals surface area contributed by atoms with Crippen molar-refractivity contribution >= 4 is 28.3 Å². The van der Waals surface area contributed by atoms with Gasteiger partial charge in [-0.05, 0) is 17.5 Å². The highest BCUT2D eigenvalue weighted by atomic mass is 32.1. The molecule has 0 aliphatic heterocycles. The van der Waals surface area contributed by atoms with Crippen LogP contribution in [0.1, 0.15) is 22.0 Å². The van der Waals surface area contributed by atoms with E-state index in [9.17, 15) is 4.79 Å².